The van der Waals surface area contributed by atoms with Gasteiger partial charge in [-0.15, -0.1) is 24.8 Å². The Morgan fingerprint density at radius 2 is 1.64 bits per heavy atom. The van der Waals surface area contributed by atoms with Crippen LogP contribution in [0.5, 0.6) is 0 Å². The summed E-state index contributed by atoms with van der Waals surface area (Å²) in [6.07, 6.45) is 0. The molecule has 3 heteroatoms. The van der Waals surface area contributed by atoms with Crippen LogP contribution in [0.25, 0.3) is 0 Å². The molecule has 0 aliphatic rings. The summed E-state index contributed by atoms with van der Waals surface area (Å²) in [5.41, 5.74) is 8.88. The molecule has 0 heterocycles. The third kappa shape index (κ3) is 3.49. The van der Waals surface area contributed by atoms with Gasteiger partial charge >= 0.3 is 0 Å². The zero-order valence-electron chi connectivity index (χ0n) is 6.63. The van der Waals surface area contributed by atoms with E-state index in [4.69, 9.17) is 5.73 Å². The van der Waals surface area contributed by atoms with Crippen molar-refractivity contribution >= 4 is 30.5 Å². The number of aryl methyl sites for hydroxylation is 2. The number of nitrogens with two attached hydrogens (primary N) is 1. The van der Waals surface area contributed by atoms with Gasteiger partial charge in [-0.1, -0.05) is 12.1 Å². The van der Waals surface area contributed by atoms with Crippen LogP contribution in [0.1, 0.15) is 11.1 Å². The molecule has 11 heavy (non-hydrogen) atoms. The average molecular weight is 194 g/mol. The Morgan fingerprint density at radius 3 is 2.00 bits per heavy atom. The quantitative estimate of drug-likeness (QED) is 0.631. The maximum absolute atomic E-state index is 5.62. The standard InChI is InChI=1S/C8H11N.2ClH/c1-6-3-4-7(2)8(9)5-6;;/h3-5H,9H2,1-2H3;2*1H. The Morgan fingerprint density at radius 1 is 1.09 bits per heavy atom. The molecule has 1 rings (SSSR count). The van der Waals surface area contributed by atoms with Crippen molar-refractivity contribution in [2.45, 2.75) is 13.8 Å². The van der Waals surface area contributed by atoms with Gasteiger partial charge in [-0.05, 0) is 31.0 Å². The highest BCUT2D eigenvalue weighted by atomic mass is 35.5. The lowest BCUT2D eigenvalue weighted by molar-refractivity contribution is 1.40. The van der Waals surface area contributed by atoms with Crippen LogP contribution in [0.4, 0.5) is 5.69 Å². The monoisotopic (exact) mass is 193 g/mol. The van der Waals surface area contributed by atoms with E-state index in [1.165, 1.54) is 5.56 Å². The minimum atomic E-state index is 0. The molecule has 1 aromatic carbocycles. The second kappa shape index (κ2) is 5.28. The number of nitrogen functional groups attached to an aromatic ring is 1. The molecular weight excluding hydrogens is 181 g/mol. The SMILES string of the molecule is Cc1ccc(C)c(N)c1.Cl.Cl. The van der Waals surface area contributed by atoms with Crippen LogP contribution in [0, 0.1) is 13.8 Å². The van der Waals surface area contributed by atoms with E-state index in [0.29, 0.717) is 0 Å². The van der Waals surface area contributed by atoms with Gasteiger partial charge in [0.15, 0.2) is 0 Å². The molecule has 0 amide bonds. The smallest absolute Gasteiger partial charge is 0.0346 e. The number of halogens is 2. The van der Waals surface area contributed by atoms with Gasteiger partial charge in [-0.25, -0.2) is 0 Å². The van der Waals surface area contributed by atoms with Crippen LogP contribution in [-0.4, -0.2) is 0 Å². The minimum Gasteiger partial charge on any atom is -0.399 e. The predicted octanol–water partition coefficient (Wildman–Crippen LogP) is 2.73. The molecule has 0 spiro atoms. The highest BCUT2D eigenvalue weighted by Gasteiger charge is 1.89. The Hall–Kier alpha value is -0.400. The molecule has 2 N–H and O–H groups in total. The predicted molar refractivity (Wildman–Crippen MR) is 54.8 cm³/mol. The molecule has 0 aliphatic carbocycles. The van der Waals surface area contributed by atoms with Gasteiger partial charge < -0.3 is 5.73 Å². The molecule has 0 saturated carbocycles. The van der Waals surface area contributed by atoms with Gasteiger partial charge in [0, 0.05) is 5.69 Å². The van der Waals surface area contributed by atoms with Gasteiger partial charge in [-0.3, -0.25) is 0 Å². The van der Waals surface area contributed by atoms with Gasteiger partial charge in [0.25, 0.3) is 0 Å². The largest absolute Gasteiger partial charge is 0.399 e. The maximum Gasteiger partial charge on any atom is 0.0346 e. The Bertz CT molecular complexity index is 223. The topological polar surface area (TPSA) is 26.0 Å². The van der Waals surface area contributed by atoms with Crippen LogP contribution in [-0.2, 0) is 0 Å². The maximum atomic E-state index is 5.62. The second-order valence-corrected chi connectivity index (χ2v) is 2.36. The van der Waals surface area contributed by atoms with Crippen molar-refractivity contribution in [1.82, 2.24) is 0 Å². The summed E-state index contributed by atoms with van der Waals surface area (Å²) in [6.45, 7) is 4.05. The first kappa shape index (κ1) is 13.2. The minimum absolute atomic E-state index is 0. The van der Waals surface area contributed by atoms with Crippen molar-refractivity contribution in [3.63, 3.8) is 0 Å². The first-order chi connectivity index (χ1) is 4.20. The number of anilines is 1. The molecule has 0 bridgehead atoms. The first-order valence-electron chi connectivity index (χ1n) is 3.03. The lowest BCUT2D eigenvalue weighted by Crippen LogP contribution is -1.88. The van der Waals surface area contributed by atoms with Crippen molar-refractivity contribution in [3.05, 3.63) is 29.3 Å². The average Bonchev–Trinajstić information content (AvgIpc) is 1.80. The molecule has 0 atom stereocenters. The lowest BCUT2D eigenvalue weighted by Gasteiger charge is -1.98. The van der Waals surface area contributed by atoms with E-state index < -0.39 is 0 Å². The molecule has 0 saturated heterocycles. The summed E-state index contributed by atoms with van der Waals surface area (Å²) in [5, 5.41) is 0. The summed E-state index contributed by atoms with van der Waals surface area (Å²) in [7, 11) is 0. The molecule has 0 fully saturated rings. The zero-order chi connectivity index (χ0) is 6.85. The van der Waals surface area contributed by atoms with Crippen LogP contribution >= 0.6 is 24.8 Å². The van der Waals surface area contributed by atoms with Gasteiger partial charge in [0.1, 0.15) is 0 Å². The van der Waals surface area contributed by atoms with Crippen molar-refractivity contribution in [1.29, 1.82) is 0 Å². The highest BCUT2D eigenvalue weighted by Crippen LogP contribution is 2.10. The van der Waals surface area contributed by atoms with Gasteiger partial charge in [-0.2, -0.15) is 0 Å². The Labute approximate surface area is 79.8 Å². The summed E-state index contributed by atoms with van der Waals surface area (Å²) >= 11 is 0. The molecule has 0 radical (unpaired) electrons. The molecule has 0 unspecified atom stereocenters. The van der Waals surface area contributed by atoms with Gasteiger partial charge in [0.2, 0.25) is 0 Å². The number of rotatable bonds is 0. The fourth-order valence-electron chi connectivity index (χ4n) is 0.760. The fourth-order valence-corrected chi connectivity index (χ4v) is 0.760. The first-order valence-corrected chi connectivity index (χ1v) is 3.03. The fraction of sp³-hybridized carbons (Fsp3) is 0.250. The van der Waals surface area contributed by atoms with E-state index in [2.05, 4.69) is 6.07 Å². The molecule has 1 aromatic rings. The highest BCUT2D eigenvalue weighted by molar-refractivity contribution is 5.85. The third-order valence-corrected chi connectivity index (χ3v) is 1.43. The van der Waals surface area contributed by atoms with E-state index in [1.54, 1.807) is 0 Å². The molecule has 0 aromatic heterocycles. The van der Waals surface area contributed by atoms with E-state index >= 15 is 0 Å². The third-order valence-electron chi connectivity index (χ3n) is 1.43. The van der Waals surface area contributed by atoms with Crippen LogP contribution in [0.3, 0.4) is 0 Å². The Kier molecular flexibility index (Phi) is 6.34. The number of hydrogen-bond acceptors (Lipinski definition) is 1. The molecule has 1 nitrogen and oxygen atoms in total. The molecular formula is C8H13Cl2N. The zero-order valence-corrected chi connectivity index (χ0v) is 8.26. The second-order valence-electron chi connectivity index (χ2n) is 2.36. The van der Waals surface area contributed by atoms with E-state index in [-0.39, 0.29) is 24.8 Å². The van der Waals surface area contributed by atoms with E-state index in [0.717, 1.165) is 11.3 Å². The van der Waals surface area contributed by atoms with Crippen molar-refractivity contribution in [3.8, 4) is 0 Å². The lowest BCUT2D eigenvalue weighted by atomic mass is 10.1. The van der Waals surface area contributed by atoms with Crippen molar-refractivity contribution in [2.24, 2.45) is 0 Å². The number of hydrogen-bond donors (Lipinski definition) is 1. The van der Waals surface area contributed by atoms with E-state index in [1.807, 2.05) is 26.0 Å². The summed E-state index contributed by atoms with van der Waals surface area (Å²) in [6, 6.07) is 6.08. The Balaban J connectivity index is 0. The van der Waals surface area contributed by atoms with Gasteiger partial charge in [0.05, 0.1) is 0 Å². The van der Waals surface area contributed by atoms with Crippen molar-refractivity contribution in [2.75, 3.05) is 5.73 Å². The molecule has 64 valence electrons. The summed E-state index contributed by atoms with van der Waals surface area (Å²) in [5.74, 6) is 0. The summed E-state index contributed by atoms with van der Waals surface area (Å²) in [4.78, 5) is 0. The normalized spacial score (nSPS) is 7.82. The van der Waals surface area contributed by atoms with Crippen LogP contribution < -0.4 is 5.73 Å². The molecule has 0 aliphatic heterocycles. The van der Waals surface area contributed by atoms with Crippen molar-refractivity contribution < 1.29 is 0 Å². The summed E-state index contributed by atoms with van der Waals surface area (Å²) < 4.78 is 0. The van der Waals surface area contributed by atoms with Crippen LogP contribution in [0.2, 0.25) is 0 Å². The number of benzene rings is 1. The van der Waals surface area contributed by atoms with Crippen LogP contribution in [0.15, 0.2) is 18.2 Å². The van der Waals surface area contributed by atoms with E-state index in [9.17, 15) is 0 Å².